The van der Waals surface area contributed by atoms with Gasteiger partial charge in [0.1, 0.15) is 0 Å². The molecule has 0 spiro atoms. The Bertz CT molecular complexity index is 334. The second-order valence-corrected chi connectivity index (χ2v) is 4.33. The zero-order chi connectivity index (χ0) is 12.7. The SMILES string of the molecule is C=C/C=C\C[C@H](C)CC1=NO[C@H](C(=O)CN)C1. The zero-order valence-electron chi connectivity index (χ0n) is 10.3. The van der Waals surface area contributed by atoms with Crippen LogP contribution in [0.25, 0.3) is 0 Å². The van der Waals surface area contributed by atoms with Crippen molar-refractivity contribution in [1.29, 1.82) is 0 Å². The first-order chi connectivity index (χ1) is 8.17. The first kappa shape index (κ1) is 13.6. The molecule has 0 aromatic rings. The summed E-state index contributed by atoms with van der Waals surface area (Å²) >= 11 is 0. The summed E-state index contributed by atoms with van der Waals surface area (Å²) in [5.41, 5.74) is 6.24. The van der Waals surface area contributed by atoms with Crippen LogP contribution in [0.2, 0.25) is 0 Å². The maximum Gasteiger partial charge on any atom is 0.191 e. The van der Waals surface area contributed by atoms with Gasteiger partial charge in [-0.05, 0) is 18.8 Å². The number of ketones is 1. The van der Waals surface area contributed by atoms with E-state index in [0.29, 0.717) is 12.3 Å². The lowest BCUT2D eigenvalue weighted by Gasteiger charge is -2.07. The van der Waals surface area contributed by atoms with Crippen LogP contribution in [0, 0.1) is 5.92 Å². The highest BCUT2D eigenvalue weighted by molar-refractivity contribution is 5.94. The highest BCUT2D eigenvalue weighted by atomic mass is 16.6. The van der Waals surface area contributed by atoms with Crippen LogP contribution < -0.4 is 5.73 Å². The molecule has 0 aliphatic carbocycles. The Morgan fingerprint density at radius 2 is 2.53 bits per heavy atom. The molecule has 0 aromatic heterocycles. The van der Waals surface area contributed by atoms with Crippen LogP contribution in [-0.2, 0) is 9.63 Å². The van der Waals surface area contributed by atoms with Gasteiger partial charge in [0.2, 0.25) is 0 Å². The summed E-state index contributed by atoms with van der Waals surface area (Å²) in [7, 11) is 0. The van der Waals surface area contributed by atoms with Gasteiger partial charge in [0.25, 0.3) is 0 Å². The van der Waals surface area contributed by atoms with Crippen LogP contribution in [-0.4, -0.2) is 24.1 Å². The quantitative estimate of drug-likeness (QED) is 0.686. The molecular formula is C13H20N2O2. The van der Waals surface area contributed by atoms with Gasteiger partial charge in [-0.3, -0.25) is 4.79 Å². The molecule has 2 N–H and O–H groups in total. The normalized spacial score (nSPS) is 21.1. The van der Waals surface area contributed by atoms with E-state index in [1.165, 1.54) is 0 Å². The van der Waals surface area contributed by atoms with E-state index in [-0.39, 0.29) is 12.3 Å². The van der Waals surface area contributed by atoms with E-state index < -0.39 is 6.10 Å². The summed E-state index contributed by atoms with van der Waals surface area (Å²) in [4.78, 5) is 16.4. The summed E-state index contributed by atoms with van der Waals surface area (Å²) in [5, 5.41) is 3.95. The second-order valence-electron chi connectivity index (χ2n) is 4.33. The Kier molecular flexibility index (Phi) is 5.63. The second kappa shape index (κ2) is 7.01. The molecule has 0 aromatic carbocycles. The molecule has 1 aliphatic rings. The van der Waals surface area contributed by atoms with Gasteiger partial charge in [0, 0.05) is 6.42 Å². The molecule has 0 bridgehead atoms. The smallest absolute Gasteiger partial charge is 0.191 e. The average Bonchev–Trinajstić information content (AvgIpc) is 2.77. The number of Topliss-reactive ketones (excluding diaryl/α,β-unsaturated/α-hetero) is 1. The molecule has 1 rings (SSSR count). The number of rotatable bonds is 7. The molecule has 0 unspecified atom stereocenters. The zero-order valence-corrected chi connectivity index (χ0v) is 10.3. The molecule has 0 saturated heterocycles. The summed E-state index contributed by atoms with van der Waals surface area (Å²) in [6.45, 7) is 5.79. The van der Waals surface area contributed by atoms with E-state index in [0.717, 1.165) is 18.6 Å². The van der Waals surface area contributed by atoms with Gasteiger partial charge in [-0.15, -0.1) is 0 Å². The van der Waals surface area contributed by atoms with Gasteiger partial charge in [-0.25, -0.2) is 0 Å². The van der Waals surface area contributed by atoms with Gasteiger partial charge < -0.3 is 10.6 Å². The van der Waals surface area contributed by atoms with Crippen LogP contribution in [0.15, 0.2) is 30.0 Å². The number of oxime groups is 1. The minimum absolute atomic E-state index is 0.0189. The van der Waals surface area contributed by atoms with Gasteiger partial charge in [-0.2, -0.15) is 0 Å². The first-order valence-electron chi connectivity index (χ1n) is 5.89. The Morgan fingerprint density at radius 1 is 1.76 bits per heavy atom. The Balaban J connectivity index is 2.32. The predicted octanol–water partition coefficient (Wildman–Crippen LogP) is 1.82. The van der Waals surface area contributed by atoms with Crippen molar-refractivity contribution in [2.45, 2.75) is 32.3 Å². The molecule has 1 aliphatic heterocycles. The minimum Gasteiger partial charge on any atom is -0.384 e. The minimum atomic E-state index is -0.453. The lowest BCUT2D eigenvalue weighted by Crippen LogP contribution is -2.28. The monoisotopic (exact) mass is 236 g/mol. The summed E-state index contributed by atoms with van der Waals surface area (Å²) in [6.07, 6.45) is 7.74. The first-order valence-corrected chi connectivity index (χ1v) is 5.89. The molecule has 4 heteroatoms. The number of allylic oxidation sites excluding steroid dienone is 3. The van der Waals surface area contributed by atoms with Crippen molar-refractivity contribution in [2.75, 3.05) is 6.54 Å². The highest BCUT2D eigenvalue weighted by Gasteiger charge is 2.27. The highest BCUT2D eigenvalue weighted by Crippen LogP contribution is 2.18. The van der Waals surface area contributed by atoms with E-state index in [1.54, 1.807) is 6.08 Å². The number of nitrogens with two attached hydrogens (primary N) is 1. The van der Waals surface area contributed by atoms with Crippen molar-refractivity contribution in [3.8, 4) is 0 Å². The van der Waals surface area contributed by atoms with Crippen LogP contribution in [0.3, 0.4) is 0 Å². The number of carbonyl (C=O) groups is 1. The molecular weight excluding hydrogens is 216 g/mol. The van der Waals surface area contributed by atoms with Crippen molar-refractivity contribution >= 4 is 11.5 Å². The Hall–Kier alpha value is -1.42. The van der Waals surface area contributed by atoms with Crippen molar-refractivity contribution in [3.05, 3.63) is 24.8 Å². The van der Waals surface area contributed by atoms with Crippen molar-refractivity contribution in [2.24, 2.45) is 16.8 Å². The molecule has 0 amide bonds. The van der Waals surface area contributed by atoms with E-state index in [4.69, 9.17) is 10.6 Å². The molecule has 1 heterocycles. The van der Waals surface area contributed by atoms with Crippen LogP contribution in [0.1, 0.15) is 26.2 Å². The van der Waals surface area contributed by atoms with Gasteiger partial charge in [0.05, 0.1) is 12.3 Å². The molecule has 0 fully saturated rings. The molecule has 0 radical (unpaired) electrons. The van der Waals surface area contributed by atoms with Crippen LogP contribution in [0.4, 0.5) is 0 Å². The van der Waals surface area contributed by atoms with Gasteiger partial charge in [-0.1, -0.05) is 36.9 Å². The standard InChI is InChI=1S/C13H20N2O2/c1-3-4-5-6-10(2)7-11-8-13(17-15-11)12(16)9-14/h3-5,10,13H,1,6-9,14H2,2H3/b5-4-/t10-,13-/m0/s1. The van der Waals surface area contributed by atoms with E-state index in [1.807, 2.05) is 6.08 Å². The topological polar surface area (TPSA) is 64.7 Å². The van der Waals surface area contributed by atoms with E-state index in [9.17, 15) is 4.79 Å². The summed E-state index contributed by atoms with van der Waals surface area (Å²) in [5.74, 6) is 0.406. The number of carbonyl (C=O) groups excluding carboxylic acids is 1. The molecule has 0 saturated carbocycles. The van der Waals surface area contributed by atoms with Gasteiger partial charge in [0.15, 0.2) is 11.9 Å². The lowest BCUT2D eigenvalue weighted by atomic mass is 9.97. The molecule has 94 valence electrons. The fourth-order valence-corrected chi connectivity index (χ4v) is 1.74. The number of hydrogen-bond donors (Lipinski definition) is 1. The summed E-state index contributed by atoms with van der Waals surface area (Å²) in [6, 6.07) is 0. The van der Waals surface area contributed by atoms with Crippen molar-refractivity contribution in [3.63, 3.8) is 0 Å². The van der Waals surface area contributed by atoms with Crippen molar-refractivity contribution in [1.82, 2.24) is 0 Å². The molecule has 2 atom stereocenters. The number of nitrogens with zero attached hydrogens (tertiary/aromatic N) is 1. The van der Waals surface area contributed by atoms with E-state index in [2.05, 4.69) is 24.7 Å². The molecule has 17 heavy (non-hydrogen) atoms. The maximum absolute atomic E-state index is 11.3. The third kappa shape index (κ3) is 4.53. The lowest BCUT2D eigenvalue weighted by molar-refractivity contribution is -0.127. The van der Waals surface area contributed by atoms with Crippen LogP contribution >= 0.6 is 0 Å². The molecule has 4 nitrogen and oxygen atoms in total. The van der Waals surface area contributed by atoms with Crippen LogP contribution in [0.5, 0.6) is 0 Å². The predicted molar refractivity (Wildman–Crippen MR) is 68.7 cm³/mol. The Labute approximate surface area is 102 Å². The third-order valence-corrected chi connectivity index (χ3v) is 2.69. The third-order valence-electron chi connectivity index (χ3n) is 2.69. The summed E-state index contributed by atoms with van der Waals surface area (Å²) < 4.78 is 0. The number of hydrogen-bond acceptors (Lipinski definition) is 4. The van der Waals surface area contributed by atoms with Gasteiger partial charge >= 0.3 is 0 Å². The average molecular weight is 236 g/mol. The Morgan fingerprint density at radius 3 is 3.18 bits per heavy atom. The largest absolute Gasteiger partial charge is 0.384 e. The van der Waals surface area contributed by atoms with Crippen molar-refractivity contribution < 1.29 is 9.63 Å². The van der Waals surface area contributed by atoms with E-state index >= 15 is 0 Å². The fraction of sp³-hybridized carbons (Fsp3) is 0.538. The maximum atomic E-state index is 11.3. The fourth-order valence-electron chi connectivity index (χ4n) is 1.74.